The molecule has 0 aliphatic carbocycles. The summed E-state index contributed by atoms with van der Waals surface area (Å²) >= 11 is 3.22. The number of hydrogen-bond acceptors (Lipinski definition) is 4. The number of primary sulfonamides is 1. The number of benzene rings is 1. The minimum Gasteiger partial charge on any atom is -0.462 e. The zero-order valence-corrected chi connectivity index (χ0v) is 13.9. The first-order valence-electron chi connectivity index (χ1n) is 6.27. The third-order valence-corrected chi connectivity index (χ3v) is 4.56. The smallest absolute Gasteiger partial charge is 0.338 e. The largest absolute Gasteiger partial charge is 0.462 e. The van der Waals surface area contributed by atoms with Crippen LogP contribution in [0.25, 0.3) is 0 Å². The Bertz CT molecular complexity index is 599. The second-order valence-corrected chi connectivity index (χ2v) is 6.88. The Kier molecular flexibility index (Phi) is 6.16. The number of esters is 1. The molecule has 0 saturated carbocycles. The molecule has 0 spiro atoms. The van der Waals surface area contributed by atoms with E-state index in [-0.39, 0.29) is 10.5 Å². The van der Waals surface area contributed by atoms with Crippen LogP contribution in [-0.4, -0.2) is 21.0 Å². The molecule has 1 rings (SSSR count). The lowest BCUT2D eigenvalue weighted by Gasteiger charge is -2.10. The SMILES string of the molecule is CCCCCOC(=O)c1cc(S(N)(=O)=O)cc(Br)c1C. The summed E-state index contributed by atoms with van der Waals surface area (Å²) in [5.74, 6) is -0.537. The number of rotatable bonds is 6. The van der Waals surface area contributed by atoms with Crippen LogP contribution in [0.5, 0.6) is 0 Å². The van der Waals surface area contributed by atoms with Crippen LogP contribution in [0.15, 0.2) is 21.5 Å². The van der Waals surface area contributed by atoms with Crippen molar-refractivity contribution >= 4 is 31.9 Å². The summed E-state index contributed by atoms with van der Waals surface area (Å²) in [6.07, 6.45) is 2.80. The van der Waals surface area contributed by atoms with E-state index in [0.717, 1.165) is 19.3 Å². The lowest BCUT2D eigenvalue weighted by Crippen LogP contribution is -2.15. The lowest BCUT2D eigenvalue weighted by atomic mass is 10.1. The molecule has 0 bridgehead atoms. The fourth-order valence-electron chi connectivity index (χ4n) is 1.62. The standard InChI is InChI=1S/C13H18BrNO4S/c1-3-4-5-6-19-13(16)11-7-10(20(15,17)18)8-12(14)9(11)2/h7-8H,3-6H2,1-2H3,(H2,15,17,18). The quantitative estimate of drug-likeness (QED) is 0.621. The van der Waals surface area contributed by atoms with E-state index in [9.17, 15) is 13.2 Å². The third-order valence-electron chi connectivity index (χ3n) is 2.85. The van der Waals surface area contributed by atoms with E-state index in [4.69, 9.17) is 9.88 Å². The summed E-state index contributed by atoms with van der Waals surface area (Å²) in [6, 6.07) is 2.62. The minimum atomic E-state index is -3.86. The van der Waals surface area contributed by atoms with Crippen LogP contribution in [0, 0.1) is 6.92 Å². The van der Waals surface area contributed by atoms with E-state index < -0.39 is 16.0 Å². The number of nitrogens with two attached hydrogens (primary N) is 1. The Morgan fingerprint density at radius 3 is 2.55 bits per heavy atom. The molecule has 0 saturated heterocycles. The summed E-state index contributed by atoms with van der Waals surface area (Å²) in [4.78, 5) is 11.9. The van der Waals surface area contributed by atoms with Gasteiger partial charge in [0.2, 0.25) is 10.0 Å². The molecule has 0 atom stereocenters. The molecule has 0 amide bonds. The first kappa shape index (κ1) is 17.1. The van der Waals surface area contributed by atoms with Crippen LogP contribution in [0.3, 0.4) is 0 Å². The lowest BCUT2D eigenvalue weighted by molar-refractivity contribution is 0.0497. The van der Waals surface area contributed by atoms with Crippen molar-refractivity contribution in [2.24, 2.45) is 5.14 Å². The van der Waals surface area contributed by atoms with Gasteiger partial charge in [-0.1, -0.05) is 35.7 Å². The van der Waals surface area contributed by atoms with Gasteiger partial charge in [-0.3, -0.25) is 0 Å². The Balaban J connectivity index is 2.99. The van der Waals surface area contributed by atoms with E-state index in [1.807, 2.05) is 0 Å². The van der Waals surface area contributed by atoms with Crippen molar-refractivity contribution in [3.05, 3.63) is 27.7 Å². The van der Waals surface area contributed by atoms with Gasteiger partial charge < -0.3 is 4.74 Å². The van der Waals surface area contributed by atoms with Gasteiger partial charge in [0.05, 0.1) is 17.1 Å². The fraction of sp³-hybridized carbons (Fsp3) is 0.462. The Morgan fingerprint density at radius 1 is 1.35 bits per heavy atom. The maximum absolute atomic E-state index is 12.0. The number of carbonyl (C=O) groups excluding carboxylic acids is 1. The second-order valence-electron chi connectivity index (χ2n) is 4.47. The van der Waals surface area contributed by atoms with Gasteiger partial charge in [0.15, 0.2) is 0 Å². The Hall–Kier alpha value is -0.920. The molecule has 0 fully saturated rings. The molecular weight excluding hydrogens is 346 g/mol. The van der Waals surface area contributed by atoms with Gasteiger partial charge in [-0.15, -0.1) is 0 Å². The first-order chi connectivity index (χ1) is 9.27. The fourth-order valence-corrected chi connectivity index (χ4v) is 2.80. The predicted molar refractivity (Wildman–Crippen MR) is 80.1 cm³/mol. The van der Waals surface area contributed by atoms with E-state index in [2.05, 4.69) is 22.9 Å². The molecule has 0 heterocycles. The van der Waals surface area contributed by atoms with Crippen LogP contribution >= 0.6 is 15.9 Å². The number of hydrogen-bond donors (Lipinski definition) is 1. The topological polar surface area (TPSA) is 86.5 Å². The van der Waals surface area contributed by atoms with E-state index in [1.54, 1.807) is 6.92 Å². The highest BCUT2D eigenvalue weighted by molar-refractivity contribution is 9.10. The molecule has 20 heavy (non-hydrogen) atoms. The van der Waals surface area contributed by atoms with Crippen LogP contribution in [-0.2, 0) is 14.8 Å². The monoisotopic (exact) mass is 363 g/mol. The van der Waals surface area contributed by atoms with Crippen molar-refractivity contribution in [1.82, 2.24) is 0 Å². The molecule has 5 nitrogen and oxygen atoms in total. The van der Waals surface area contributed by atoms with Crippen molar-refractivity contribution in [3.8, 4) is 0 Å². The second kappa shape index (κ2) is 7.19. The summed E-state index contributed by atoms with van der Waals surface area (Å²) < 4.78 is 28.4. The third kappa shape index (κ3) is 4.57. The molecule has 0 radical (unpaired) electrons. The van der Waals surface area contributed by atoms with Gasteiger partial charge >= 0.3 is 5.97 Å². The number of ether oxygens (including phenoxy) is 1. The average Bonchev–Trinajstić information content (AvgIpc) is 2.36. The van der Waals surface area contributed by atoms with Crippen LogP contribution in [0.2, 0.25) is 0 Å². The minimum absolute atomic E-state index is 0.115. The predicted octanol–water partition coefficient (Wildman–Crippen LogP) is 2.75. The van der Waals surface area contributed by atoms with E-state index >= 15 is 0 Å². The van der Waals surface area contributed by atoms with Gasteiger partial charge in [0.25, 0.3) is 0 Å². The zero-order chi connectivity index (χ0) is 15.3. The summed E-state index contributed by atoms with van der Waals surface area (Å²) in [7, 11) is -3.86. The molecule has 112 valence electrons. The van der Waals surface area contributed by atoms with Gasteiger partial charge in [-0.2, -0.15) is 0 Å². The summed E-state index contributed by atoms with van der Waals surface area (Å²) in [6.45, 7) is 4.08. The molecule has 0 aromatic heterocycles. The molecule has 7 heteroatoms. The van der Waals surface area contributed by atoms with Gasteiger partial charge in [0, 0.05) is 4.47 Å². The number of carbonyl (C=O) groups is 1. The van der Waals surface area contributed by atoms with Crippen molar-refractivity contribution in [1.29, 1.82) is 0 Å². The van der Waals surface area contributed by atoms with Crippen molar-refractivity contribution in [2.45, 2.75) is 38.0 Å². The van der Waals surface area contributed by atoms with Gasteiger partial charge in [-0.25, -0.2) is 18.4 Å². The molecule has 2 N–H and O–H groups in total. The number of sulfonamides is 1. The van der Waals surface area contributed by atoms with Crippen LogP contribution in [0.4, 0.5) is 0 Å². The highest BCUT2D eigenvalue weighted by atomic mass is 79.9. The van der Waals surface area contributed by atoms with Crippen molar-refractivity contribution in [2.75, 3.05) is 6.61 Å². The molecule has 1 aromatic carbocycles. The van der Waals surface area contributed by atoms with Crippen molar-refractivity contribution < 1.29 is 17.9 Å². The van der Waals surface area contributed by atoms with E-state index in [1.165, 1.54) is 12.1 Å². The normalized spacial score (nSPS) is 11.4. The van der Waals surface area contributed by atoms with Crippen LogP contribution in [0.1, 0.15) is 42.1 Å². The maximum atomic E-state index is 12.0. The summed E-state index contributed by atoms with van der Waals surface area (Å²) in [5, 5.41) is 5.08. The Labute approximate surface area is 127 Å². The molecular formula is C13H18BrNO4S. The van der Waals surface area contributed by atoms with E-state index in [0.29, 0.717) is 16.6 Å². The average molecular weight is 364 g/mol. The molecule has 1 aromatic rings. The van der Waals surface area contributed by atoms with Crippen LogP contribution < -0.4 is 5.14 Å². The molecule has 0 aliphatic heterocycles. The number of halogens is 1. The maximum Gasteiger partial charge on any atom is 0.338 e. The first-order valence-corrected chi connectivity index (χ1v) is 8.61. The van der Waals surface area contributed by atoms with Gasteiger partial charge in [-0.05, 0) is 31.0 Å². The molecule has 0 aliphatic rings. The highest BCUT2D eigenvalue weighted by Gasteiger charge is 2.18. The Morgan fingerprint density at radius 2 is 2.00 bits per heavy atom. The zero-order valence-electron chi connectivity index (χ0n) is 11.5. The molecule has 0 unspecified atom stereocenters. The summed E-state index contributed by atoms with van der Waals surface area (Å²) in [5.41, 5.74) is 0.831. The van der Waals surface area contributed by atoms with Gasteiger partial charge in [0.1, 0.15) is 0 Å². The highest BCUT2D eigenvalue weighted by Crippen LogP contribution is 2.25. The number of unbranched alkanes of at least 4 members (excludes halogenated alkanes) is 2. The van der Waals surface area contributed by atoms with Crippen molar-refractivity contribution in [3.63, 3.8) is 0 Å².